The highest BCUT2D eigenvalue weighted by atomic mass is 79.9. The standard InChI is InChI=1S/C15H23BrFN3/c1-12(14-4-3-13(17)11-15(14)16)18-5-6-20-9-7-19(2)8-10-20/h3-4,11-12,18H,5-10H2,1-2H3. The summed E-state index contributed by atoms with van der Waals surface area (Å²) in [6.07, 6.45) is 0. The summed E-state index contributed by atoms with van der Waals surface area (Å²) >= 11 is 3.43. The normalized spacial score (nSPS) is 19.2. The first-order valence-corrected chi connectivity index (χ1v) is 7.95. The number of likely N-dealkylation sites (N-methyl/N-ethyl adjacent to an activating group) is 1. The monoisotopic (exact) mass is 343 g/mol. The van der Waals surface area contributed by atoms with E-state index in [1.54, 1.807) is 0 Å². The zero-order valence-corrected chi connectivity index (χ0v) is 13.8. The van der Waals surface area contributed by atoms with E-state index < -0.39 is 0 Å². The second-order valence-electron chi connectivity index (χ2n) is 5.49. The molecule has 3 nitrogen and oxygen atoms in total. The number of hydrogen-bond donors (Lipinski definition) is 1. The molecule has 1 N–H and O–H groups in total. The van der Waals surface area contributed by atoms with Crippen molar-refractivity contribution in [3.8, 4) is 0 Å². The zero-order chi connectivity index (χ0) is 14.5. The Morgan fingerprint density at radius 1 is 1.30 bits per heavy atom. The molecule has 1 aliphatic rings. The Morgan fingerprint density at radius 3 is 2.65 bits per heavy atom. The highest BCUT2D eigenvalue weighted by molar-refractivity contribution is 9.10. The number of nitrogens with one attached hydrogen (secondary N) is 1. The van der Waals surface area contributed by atoms with Crippen LogP contribution in [-0.2, 0) is 0 Å². The minimum Gasteiger partial charge on any atom is -0.309 e. The molecule has 5 heteroatoms. The number of hydrogen-bond acceptors (Lipinski definition) is 3. The van der Waals surface area contributed by atoms with Crippen molar-refractivity contribution in [3.63, 3.8) is 0 Å². The van der Waals surface area contributed by atoms with E-state index in [4.69, 9.17) is 0 Å². The lowest BCUT2D eigenvalue weighted by Gasteiger charge is -2.32. The largest absolute Gasteiger partial charge is 0.309 e. The van der Waals surface area contributed by atoms with E-state index in [1.165, 1.54) is 12.1 Å². The zero-order valence-electron chi connectivity index (χ0n) is 12.2. The Morgan fingerprint density at radius 2 is 2.00 bits per heavy atom. The molecule has 112 valence electrons. The fourth-order valence-corrected chi connectivity index (χ4v) is 3.17. The Hall–Kier alpha value is -0.490. The summed E-state index contributed by atoms with van der Waals surface area (Å²) in [4.78, 5) is 4.85. The number of rotatable bonds is 5. The van der Waals surface area contributed by atoms with E-state index in [9.17, 15) is 4.39 Å². The van der Waals surface area contributed by atoms with Crippen molar-refractivity contribution in [2.75, 3.05) is 46.3 Å². The smallest absolute Gasteiger partial charge is 0.124 e. The Kier molecular flexibility index (Phi) is 5.96. The van der Waals surface area contributed by atoms with Crippen molar-refractivity contribution in [1.82, 2.24) is 15.1 Å². The molecule has 0 spiro atoms. The van der Waals surface area contributed by atoms with Gasteiger partial charge in [-0.15, -0.1) is 0 Å². The number of nitrogens with zero attached hydrogens (tertiary/aromatic N) is 2. The second kappa shape index (κ2) is 7.50. The van der Waals surface area contributed by atoms with Gasteiger partial charge in [-0.3, -0.25) is 4.90 Å². The van der Waals surface area contributed by atoms with Crippen LogP contribution in [0.3, 0.4) is 0 Å². The Balaban J connectivity index is 1.76. The van der Waals surface area contributed by atoms with Gasteiger partial charge in [0, 0.05) is 49.8 Å². The minimum absolute atomic E-state index is 0.203. The summed E-state index contributed by atoms with van der Waals surface area (Å²) < 4.78 is 13.9. The molecule has 1 saturated heterocycles. The maximum atomic E-state index is 13.1. The Bertz CT molecular complexity index is 433. The summed E-state index contributed by atoms with van der Waals surface area (Å²) in [5, 5.41) is 3.51. The maximum Gasteiger partial charge on any atom is 0.124 e. The van der Waals surface area contributed by atoms with Gasteiger partial charge < -0.3 is 10.2 Å². The van der Waals surface area contributed by atoms with Crippen molar-refractivity contribution in [2.45, 2.75) is 13.0 Å². The van der Waals surface area contributed by atoms with Crippen LogP contribution in [0.5, 0.6) is 0 Å². The fraction of sp³-hybridized carbons (Fsp3) is 0.600. The molecule has 1 aliphatic heterocycles. The molecular formula is C15H23BrFN3. The molecule has 0 amide bonds. The SMILES string of the molecule is CC(NCCN1CCN(C)CC1)c1ccc(F)cc1Br. The molecule has 0 radical (unpaired) electrons. The third-order valence-corrected chi connectivity index (χ3v) is 4.59. The van der Waals surface area contributed by atoms with Gasteiger partial charge in [0.25, 0.3) is 0 Å². The lowest BCUT2D eigenvalue weighted by molar-refractivity contribution is 0.154. The fourth-order valence-electron chi connectivity index (χ4n) is 2.47. The van der Waals surface area contributed by atoms with Gasteiger partial charge in [-0.25, -0.2) is 4.39 Å². The molecule has 2 rings (SSSR count). The van der Waals surface area contributed by atoms with Crippen molar-refractivity contribution < 1.29 is 4.39 Å². The van der Waals surface area contributed by atoms with Crippen molar-refractivity contribution >= 4 is 15.9 Å². The number of benzene rings is 1. The van der Waals surface area contributed by atoms with Gasteiger partial charge in [0.15, 0.2) is 0 Å². The van der Waals surface area contributed by atoms with Gasteiger partial charge in [-0.1, -0.05) is 22.0 Å². The van der Waals surface area contributed by atoms with E-state index in [2.05, 4.69) is 45.0 Å². The summed E-state index contributed by atoms with van der Waals surface area (Å²) in [7, 11) is 2.17. The second-order valence-corrected chi connectivity index (χ2v) is 6.34. The highest BCUT2D eigenvalue weighted by Crippen LogP contribution is 2.23. The summed E-state index contributed by atoms with van der Waals surface area (Å²) in [5.74, 6) is -0.203. The summed E-state index contributed by atoms with van der Waals surface area (Å²) in [6, 6.07) is 5.09. The molecule has 20 heavy (non-hydrogen) atoms. The van der Waals surface area contributed by atoms with E-state index >= 15 is 0 Å². The number of piperazine rings is 1. The van der Waals surface area contributed by atoms with Crippen LogP contribution in [0.25, 0.3) is 0 Å². The van der Waals surface area contributed by atoms with Crippen LogP contribution >= 0.6 is 15.9 Å². The van der Waals surface area contributed by atoms with Crippen LogP contribution in [0.4, 0.5) is 4.39 Å². The third kappa shape index (κ3) is 4.52. The van der Waals surface area contributed by atoms with Gasteiger partial charge in [-0.05, 0) is 31.7 Å². The van der Waals surface area contributed by atoms with Crippen LogP contribution in [0.15, 0.2) is 22.7 Å². The van der Waals surface area contributed by atoms with Gasteiger partial charge in [0.05, 0.1) is 0 Å². The molecule has 1 heterocycles. The highest BCUT2D eigenvalue weighted by Gasteiger charge is 2.14. The quantitative estimate of drug-likeness (QED) is 0.886. The average Bonchev–Trinajstić information content (AvgIpc) is 2.41. The first-order valence-electron chi connectivity index (χ1n) is 7.15. The molecule has 1 aromatic carbocycles. The van der Waals surface area contributed by atoms with Gasteiger partial charge in [-0.2, -0.15) is 0 Å². The van der Waals surface area contributed by atoms with Crippen LogP contribution < -0.4 is 5.32 Å². The van der Waals surface area contributed by atoms with Crippen LogP contribution in [-0.4, -0.2) is 56.1 Å². The van der Waals surface area contributed by atoms with Gasteiger partial charge in [0.2, 0.25) is 0 Å². The average molecular weight is 344 g/mol. The molecule has 0 aromatic heterocycles. The van der Waals surface area contributed by atoms with E-state index in [-0.39, 0.29) is 11.9 Å². The van der Waals surface area contributed by atoms with Crippen LogP contribution in [0.2, 0.25) is 0 Å². The van der Waals surface area contributed by atoms with Crippen molar-refractivity contribution in [2.24, 2.45) is 0 Å². The maximum absolute atomic E-state index is 13.1. The summed E-state index contributed by atoms with van der Waals surface area (Å²) in [5.41, 5.74) is 1.10. The number of halogens is 2. The van der Waals surface area contributed by atoms with E-state index in [0.717, 1.165) is 49.3 Å². The lowest BCUT2D eigenvalue weighted by atomic mass is 10.1. The summed E-state index contributed by atoms with van der Waals surface area (Å²) in [6.45, 7) is 8.73. The molecule has 1 fully saturated rings. The molecule has 0 saturated carbocycles. The van der Waals surface area contributed by atoms with Gasteiger partial charge >= 0.3 is 0 Å². The molecule has 1 unspecified atom stereocenters. The van der Waals surface area contributed by atoms with E-state index in [0.29, 0.717) is 0 Å². The minimum atomic E-state index is -0.203. The molecule has 1 atom stereocenters. The van der Waals surface area contributed by atoms with Crippen LogP contribution in [0, 0.1) is 5.82 Å². The van der Waals surface area contributed by atoms with E-state index in [1.807, 2.05) is 6.07 Å². The van der Waals surface area contributed by atoms with Crippen molar-refractivity contribution in [3.05, 3.63) is 34.1 Å². The predicted octanol–water partition coefficient (Wildman–Crippen LogP) is 2.49. The van der Waals surface area contributed by atoms with Crippen LogP contribution in [0.1, 0.15) is 18.5 Å². The predicted molar refractivity (Wildman–Crippen MR) is 84.5 cm³/mol. The van der Waals surface area contributed by atoms with Crippen molar-refractivity contribution in [1.29, 1.82) is 0 Å². The topological polar surface area (TPSA) is 18.5 Å². The molecule has 1 aromatic rings. The third-order valence-electron chi connectivity index (χ3n) is 3.90. The first-order chi connectivity index (χ1) is 9.56. The Labute approximate surface area is 129 Å². The van der Waals surface area contributed by atoms with Gasteiger partial charge in [0.1, 0.15) is 5.82 Å². The molecular weight excluding hydrogens is 321 g/mol. The molecule has 0 aliphatic carbocycles. The lowest BCUT2D eigenvalue weighted by Crippen LogP contribution is -2.46. The molecule has 0 bridgehead atoms. The first kappa shape index (κ1) is 15.9.